The Morgan fingerprint density at radius 1 is 0.760 bits per heavy atom. The van der Waals surface area contributed by atoms with Crippen molar-refractivity contribution in [1.29, 1.82) is 0 Å². The Balaban J connectivity index is 0.000000257. The maximum Gasteiger partial charge on any atom is 0.338 e. The zero-order valence-corrected chi connectivity index (χ0v) is 14.4. The normalized spacial score (nSPS) is 9.24. The van der Waals surface area contributed by atoms with Gasteiger partial charge >= 0.3 is 17.9 Å². The Morgan fingerprint density at radius 2 is 1.20 bits per heavy atom. The first-order valence-corrected chi connectivity index (χ1v) is 7.61. The minimum Gasteiger partial charge on any atom is -0.462 e. The first-order chi connectivity index (χ1) is 11.9. The fourth-order valence-corrected chi connectivity index (χ4v) is 1.70. The summed E-state index contributed by atoms with van der Waals surface area (Å²) in [5, 5.41) is 0. The van der Waals surface area contributed by atoms with Crippen LogP contribution in [0.25, 0.3) is 0 Å². The topological polar surface area (TPSA) is 78.9 Å². The minimum atomic E-state index is -0.384. The van der Waals surface area contributed by atoms with E-state index in [1.54, 1.807) is 43.3 Å². The molecule has 0 aromatic heterocycles. The van der Waals surface area contributed by atoms with Gasteiger partial charge in [0.25, 0.3) is 0 Å². The van der Waals surface area contributed by atoms with Crippen molar-refractivity contribution in [3.8, 4) is 11.5 Å². The summed E-state index contributed by atoms with van der Waals surface area (Å²) >= 11 is 0. The highest BCUT2D eigenvalue weighted by Gasteiger charge is 2.02. The smallest absolute Gasteiger partial charge is 0.338 e. The summed E-state index contributed by atoms with van der Waals surface area (Å²) in [4.78, 5) is 32.2. The third-order valence-electron chi connectivity index (χ3n) is 2.63. The summed E-state index contributed by atoms with van der Waals surface area (Å²) in [6.45, 7) is 4.86. The molecule has 2 aromatic rings. The lowest BCUT2D eigenvalue weighted by atomic mass is 10.2. The second-order valence-electron chi connectivity index (χ2n) is 4.75. The maximum atomic E-state index is 11.0. The largest absolute Gasteiger partial charge is 0.462 e. The minimum absolute atomic E-state index is 0.256. The predicted molar refractivity (Wildman–Crippen MR) is 91.5 cm³/mol. The molecule has 0 radical (unpaired) electrons. The molecular formula is C19H20O6. The van der Waals surface area contributed by atoms with Crippen molar-refractivity contribution in [2.75, 3.05) is 6.61 Å². The van der Waals surface area contributed by atoms with E-state index in [0.29, 0.717) is 23.7 Å². The van der Waals surface area contributed by atoms with E-state index < -0.39 is 0 Å². The van der Waals surface area contributed by atoms with E-state index in [0.717, 1.165) is 0 Å². The highest BCUT2D eigenvalue weighted by atomic mass is 16.5. The van der Waals surface area contributed by atoms with Gasteiger partial charge in [-0.2, -0.15) is 0 Å². The van der Waals surface area contributed by atoms with Gasteiger partial charge in [0, 0.05) is 13.8 Å². The SMILES string of the molecule is CC(=O)Oc1ccc(OC(C)=O)cc1.CCOC(=O)c1ccccc1. The molecule has 6 heteroatoms. The van der Waals surface area contributed by atoms with Crippen molar-refractivity contribution in [2.24, 2.45) is 0 Å². The molecule has 0 atom stereocenters. The summed E-state index contributed by atoms with van der Waals surface area (Å²) < 4.78 is 14.4. The number of ether oxygens (including phenoxy) is 3. The van der Waals surface area contributed by atoms with E-state index in [4.69, 9.17) is 14.2 Å². The van der Waals surface area contributed by atoms with Crippen molar-refractivity contribution in [1.82, 2.24) is 0 Å². The number of rotatable bonds is 4. The molecule has 0 spiro atoms. The number of benzene rings is 2. The van der Waals surface area contributed by atoms with E-state index in [1.807, 2.05) is 18.2 Å². The summed E-state index contributed by atoms with van der Waals surface area (Å²) in [6.07, 6.45) is 0. The van der Waals surface area contributed by atoms with Crippen molar-refractivity contribution in [3.63, 3.8) is 0 Å². The van der Waals surface area contributed by atoms with Gasteiger partial charge in [0.1, 0.15) is 11.5 Å². The van der Waals surface area contributed by atoms with Crippen LogP contribution < -0.4 is 9.47 Å². The Labute approximate surface area is 146 Å². The van der Waals surface area contributed by atoms with Gasteiger partial charge in [-0.3, -0.25) is 9.59 Å². The van der Waals surface area contributed by atoms with Gasteiger partial charge in [-0.1, -0.05) is 18.2 Å². The average Bonchev–Trinajstić information content (AvgIpc) is 2.57. The highest BCUT2D eigenvalue weighted by Crippen LogP contribution is 2.17. The zero-order valence-electron chi connectivity index (χ0n) is 14.4. The second kappa shape index (κ2) is 10.6. The Kier molecular flexibility index (Phi) is 8.43. The van der Waals surface area contributed by atoms with Crippen LogP contribution in [0.4, 0.5) is 0 Å². The van der Waals surface area contributed by atoms with Crippen LogP contribution in [-0.4, -0.2) is 24.5 Å². The lowest BCUT2D eigenvalue weighted by Crippen LogP contribution is -2.03. The number of hydrogen-bond acceptors (Lipinski definition) is 6. The second-order valence-corrected chi connectivity index (χ2v) is 4.75. The number of carbonyl (C=O) groups is 3. The van der Waals surface area contributed by atoms with Gasteiger partial charge in [0.15, 0.2) is 0 Å². The molecule has 2 aromatic carbocycles. The van der Waals surface area contributed by atoms with Crippen molar-refractivity contribution < 1.29 is 28.6 Å². The van der Waals surface area contributed by atoms with Gasteiger partial charge in [-0.25, -0.2) is 4.79 Å². The molecule has 25 heavy (non-hydrogen) atoms. The zero-order chi connectivity index (χ0) is 18.7. The molecule has 0 fully saturated rings. The van der Waals surface area contributed by atoms with E-state index >= 15 is 0 Å². The first-order valence-electron chi connectivity index (χ1n) is 7.61. The average molecular weight is 344 g/mol. The molecule has 0 amide bonds. The predicted octanol–water partition coefficient (Wildman–Crippen LogP) is 3.40. The van der Waals surface area contributed by atoms with Crippen LogP contribution in [0, 0.1) is 0 Å². The van der Waals surface area contributed by atoms with Crippen LogP contribution in [0.3, 0.4) is 0 Å². The monoisotopic (exact) mass is 344 g/mol. The molecule has 6 nitrogen and oxygen atoms in total. The maximum absolute atomic E-state index is 11.0. The lowest BCUT2D eigenvalue weighted by Gasteiger charge is -2.03. The molecule has 0 aliphatic rings. The number of carbonyl (C=O) groups excluding carboxylic acids is 3. The molecule has 0 N–H and O–H groups in total. The highest BCUT2D eigenvalue weighted by molar-refractivity contribution is 5.89. The van der Waals surface area contributed by atoms with Gasteiger partial charge in [-0.05, 0) is 43.3 Å². The van der Waals surface area contributed by atoms with Crippen molar-refractivity contribution in [3.05, 3.63) is 60.2 Å². The molecule has 0 aliphatic heterocycles. The summed E-state index contributed by atoms with van der Waals surface area (Å²) in [6, 6.07) is 15.2. The Bertz CT molecular complexity index is 657. The van der Waals surface area contributed by atoms with Gasteiger partial charge < -0.3 is 14.2 Å². The van der Waals surface area contributed by atoms with E-state index in [2.05, 4.69) is 0 Å². The molecule has 2 rings (SSSR count). The lowest BCUT2D eigenvalue weighted by molar-refractivity contribution is -0.133. The molecule has 0 saturated carbocycles. The third kappa shape index (κ3) is 8.31. The van der Waals surface area contributed by atoms with E-state index in [-0.39, 0.29) is 17.9 Å². The fourth-order valence-electron chi connectivity index (χ4n) is 1.70. The van der Waals surface area contributed by atoms with Crippen LogP contribution in [0.5, 0.6) is 11.5 Å². The molecule has 0 unspecified atom stereocenters. The third-order valence-corrected chi connectivity index (χ3v) is 2.63. The standard InChI is InChI=1S/C10H10O4.C9H10O2/c1-7(11)13-9-3-5-10(6-4-9)14-8(2)12;1-2-11-9(10)8-6-4-3-5-7-8/h3-6H,1-2H3;3-7H,2H2,1H3. The molecule has 0 saturated heterocycles. The van der Waals surface area contributed by atoms with Crippen molar-refractivity contribution in [2.45, 2.75) is 20.8 Å². The van der Waals surface area contributed by atoms with Crippen molar-refractivity contribution >= 4 is 17.9 Å². The molecule has 0 bridgehead atoms. The van der Waals surface area contributed by atoms with Crippen LogP contribution >= 0.6 is 0 Å². The van der Waals surface area contributed by atoms with Crippen LogP contribution in [0.1, 0.15) is 31.1 Å². The molecule has 0 heterocycles. The van der Waals surface area contributed by atoms with Gasteiger partial charge in [-0.15, -0.1) is 0 Å². The summed E-state index contributed by atoms with van der Waals surface area (Å²) in [5.74, 6) is -0.176. The number of hydrogen-bond donors (Lipinski definition) is 0. The number of esters is 3. The fraction of sp³-hybridized carbons (Fsp3) is 0.211. The van der Waals surface area contributed by atoms with Crippen LogP contribution in [-0.2, 0) is 14.3 Å². The van der Waals surface area contributed by atoms with Gasteiger partial charge in [0.05, 0.1) is 12.2 Å². The molecular weight excluding hydrogens is 324 g/mol. The van der Waals surface area contributed by atoms with E-state index in [9.17, 15) is 14.4 Å². The Morgan fingerprint density at radius 3 is 1.56 bits per heavy atom. The first kappa shape index (κ1) is 19.9. The molecule has 132 valence electrons. The van der Waals surface area contributed by atoms with Gasteiger partial charge in [0.2, 0.25) is 0 Å². The molecule has 0 aliphatic carbocycles. The Hall–Kier alpha value is -3.15. The van der Waals surface area contributed by atoms with Crippen LogP contribution in [0.2, 0.25) is 0 Å². The quantitative estimate of drug-likeness (QED) is 0.625. The summed E-state index contributed by atoms with van der Waals surface area (Å²) in [5.41, 5.74) is 0.606. The van der Waals surface area contributed by atoms with E-state index in [1.165, 1.54) is 13.8 Å². The van der Waals surface area contributed by atoms with Crippen LogP contribution in [0.15, 0.2) is 54.6 Å². The summed E-state index contributed by atoms with van der Waals surface area (Å²) in [7, 11) is 0.